The highest BCUT2D eigenvalue weighted by Gasteiger charge is 2.36. The predicted molar refractivity (Wildman–Crippen MR) is 193 cm³/mol. The maximum Gasteiger partial charge on any atom is 0.264 e. The summed E-state index contributed by atoms with van der Waals surface area (Å²) in [6, 6.07) is 26.4. The van der Waals surface area contributed by atoms with Crippen molar-refractivity contribution < 1.29 is 18.0 Å². The molecule has 0 bridgehead atoms. The molecule has 1 aliphatic rings. The summed E-state index contributed by atoms with van der Waals surface area (Å²) in [5.74, 6) is -0.844. The number of anilines is 1. The van der Waals surface area contributed by atoms with Gasteiger partial charge in [-0.15, -0.1) is 0 Å². The Morgan fingerprint density at radius 1 is 0.812 bits per heavy atom. The first kappa shape index (κ1) is 35.7. The minimum Gasteiger partial charge on any atom is -0.352 e. The van der Waals surface area contributed by atoms with Crippen molar-refractivity contribution in [1.82, 2.24) is 10.2 Å². The number of hydrogen-bond acceptors (Lipinski definition) is 4. The molecule has 0 radical (unpaired) electrons. The Morgan fingerprint density at radius 3 is 2.15 bits per heavy atom. The van der Waals surface area contributed by atoms with Crippen LogP contribution in [0.5, 0.6) is 0 Å². The second kappa shape index (κ2) is 16.2. The molecule has 1 atom stereocenters. The summed E-state index contributed by atoms with van der Waals surface area (Å²) in [7, 11) is -4.25. The number of carbonyl (C=O) groups is 2. The lowest BCUT2D eigenvalue weighted by Gasteiger charge is -2.35. The summed E-state index contributed by atoms with van der Waals surface area (Å²) < 4.78 is 29.6. The molecule has 0 saturated heterocycles. The van der Waals surface area contributed by atoms with Gasteiger partial charge in [0.05, 0.1) is 20.6 Å². The van der Waals surface area contributed by atoms with E-state index in [4.69, 9.17) is 34.8 Å². The van der Waals surface area contributed by atoms with E-state index in [0.29, 0.717) is 31.9 Å². The molecule has 1 N–H and O–H groups in total. The van der Waals surface area contributed by atoms with Crippen LogP contribution in [0, 0.1) is 6.92 Å². The number of carbonyl (C=O) groups excluding carboxylic acids is 2. The van der Waals surface area contributed by atoms with E-state index >= 15 is 0 Å². The Balaban J connectivity index is 1.58. The van der Waals surface area contributed by atoms with E-state index in [-0.39, 0.29) is 29.8 Å². The highest BCUT2D eigenvalue weighted by molar-refractivity contribution is 7.92. The SMILES string of the molecule is Cc1ccccc1N(CC(=O)N(Cc1ccc(Cl)c(Cl)c1)C(Cc1ccccc1)C(=O)NC1CCCCC1)S(=O)(=O)c1ccc(Cl)cc1. The standard InChI is InChI=1S/C37H38Cl3N3O4S/c1-26-10-8-9-15-34(26)43(48(46,47)31-19-17-29(38)18-20-31)25-36(44)42(24-28-16-21-32(39)33(40)22-28)35(23-27-11-4-2-5-12-27)37(45)41-30-13-6-3-7-14-30/h2,4-5,8-12,15-22,30,35H,3,6-7,13-14,23-25H2,1H3,(H,41,45). The van der Waals surface area contributed by atoms with Gasteiger partial charge in [0.25, 0.3) is 10.0 Å². The first-order valence-electron chi connectivity index (χ1n) is 15.9. The minimum atomic E-state index is -4.25. The van der Waals surface area contributed by atoms with Crippen LogP contribution in [-0.4, -0.2) is 43.8 Å². The molecule has 4 aromatic rings. The van der Waals surface area contributed by atoms with E-state index in [1.165, 1.54) is 29.2 Å². The largest absolute Gasteiger partial charge is 0.352 e. The van der Waals surface area contributed by atoms with Crippen LogP contribution in [0.25, 0.3) is 0 Å². The third kappa shape index (κ3) is 8.91. The van der Waals surface area contributed by atoms with Gasteiger partial charge in [-0.2, -0.15) is 0 Å². The number of hydrogen-bond donors (Lipinski definition) is 1. The van der Waals surface area contributed by atoms with E-state index in [9.17, 15) is 18.0 Å². The molecular weight excluding hydrogens is 689 g/mol. The van der Waals surface area contributed by atoms with Crippen molar-refractivity contribution in [2.24, 2.45) is 0 Å². The number of nitrogens with zero attached hydrogens (tertiary/aromatic N) is 2. The number of benzene rings is 4. The van der Waals surface area contributed by atoms with E-state index < -0.39 is 28.5 Å². The van der Waals surface area contributed by atoms with Gasteiger partial charge in [-0.3, -0.25) is 13.9 Å². The Kier molecular flexibility index (Phi) is 12.1. The molecule has 0 aromatic heterocycles. The zero-order valence-electron chi connectivity index (χ0n) is 26.6. The molecule has 2 amide bonds. The molecule has 1 unspecified atom stereocenters. The molecule has 48 heavy (non-hydrogen) atoms. The lowest BCUT2D eigenvalue weighted by atomic mass is 9.94. The quantitative estimate of drug-likeness (QED) is 0.159. The molecule has 0 aliphatic heterocycles. The number of halogens is 3. The Labute approximate surface area is 297 Å². The van der Waals surface area contributed by atoms with Crippen LogP contribution in [-0.2, 0) is 32.6 Å². The first-order chi connectivity index (χ1) is 23.0. The Hall–Kier alpha value is -3.56. The van der Waals surface area contributed by atoms with Crippen molar-refractivity contribution in [3.05, 3.63) is 129 Å². The highest BCUT2D eigenvalue weighted by atomic mass is 35.5. The summed E-state index contributed by atoms with van der Waals surface area (Å²) in [6.45, 7) is 1.22. The maximum atomic E-state index is 14.7. The number of rotatable bonds is 12. The predicted octanol–water partition coefficient (Wildman–Crippen LogP) is 8.24. The molecule has 0 spiro atoms. The number of para-hydroxylation sites is 1. The molecule has 0 heterocycles. The average molecular weight is 727 g/mol. The van der Waals surface area contributed by atoms with Gasteiger partial charge in [-0.1, -0.05) is 109 Å². The van der Waals surface area contributed by atoms with Crippen LogP contribution in [0.4, 0.5) is 5.69 Å². The zero-order chi connectivity index (χ0) is 34.3. The molecule has 1 aliphatic carbocycles. The van der Waals surface area contributed by atoms with E-state index in [1.807, 2.05) is 30.3 Å². The van der Waals surface area contributed by atoms with Gasteiger partial charge < -0.3 is 10.2 Å². The second-order valence-electron chi connectivity index (χ2n) is 12.1. The summed E-state index contributed by atoms with van der Waals surface area (Å²) in [5.41, 5.74) is 2.51. The van der Waals surface area contributed by atoms with Crippen molar-refractivity contribution in [2.45, 2.75) is 69.0 Å². The highest BCUT2D eigenvalue weighted by Crippen LogP contribution is 2.29. The molecule has 5 rings (SSSR count). The third-order valence-corrected chi connectivity index (χ3v) is 11.4. The van der Waals surface area contributed by atoms with Gasteiger partial charge in [0.2, 0.25) is 11.8 Å². The molecule has 1 fully saturated rings. The molecule has 11 heteroatoms. The maximum absolute atomic E-state index is 14.7. The summed E-state index contributed by atoms with van der Waals surface area (Å²) in [4.78, 5) is 30.4. The number of sulfonamides is 1. The molecule has 7 nitrogen and oxygen atoms in total. The van der Waals surface area contributed by atoms with Gasteiger partial charge in [0.15, 0.2) is 0 Å². The van der Waals surface area contributed by atoms with Crippen molar-refractivity contribution in [1.29, 1.82) is 0 Å². The van der Waals surface area contributed by atoms with E-state index in [0.717, 1.165) is 42.0 Å². The molecule has 252 valence electrons. The third-order valence-electron chi connectivity index (χ3n) is 8.62. The topological polar surface area (TPSA) is 86.8 Å². The second-order valence-corrected chi connectivity index (χ2v) is 15.2. The van der Waals surface area contributed by atoms with Crippen molar-refractivity contribution in [2.75, 3.05) is 10.8 Å². The number of aryl methyl sites for hydroxylation is 1. The van der Waals surface area contributed by atoms with Gasteiger partial charge in [0, 0.05) is 24.0 Å². The average Bonchev–Trinajstić information content (AvgIpc) is 3.08. The Bertz CT molecular complexity index is 1830. The Morgan fingerprint density at radius 2 is 1.48 bits per heavy atom. The van der Waals surface area contributed by atoms with Crippen LogP contribution in [0.15, 0.2) is 102 Å². The van der Waals surface area contributed by atoms with Gasteiger partial charge in [0.1, 0.15) is 12.6 Å². The summed E-state index contributed by atoms with van der Waals surface area (Å²) in [6.07, 6.45) is 5.12. The van der Waals surface area contributed by atoms with Crippen molar-refractivity contribution >= 4 is 62.3 Å². The van der Waals surface area contributed by atoms with Crippen molar-refractivity contribution in [3.63, 3.8) is 0 Å². The van der Waals surface area contributed by atoms with Crippen LogP contribution in [0.3, 0.4) is 0 Å². The lowest BCUT2D eigenvalue weighted by molar-refractivity contribution is -0.140. The molecule has 4 aromatic carbocycles. The fourth-order valence-electron chi connectivity index (χ4n) is 6.02. The fraction of sp³-hybridized carbons (Fsp3) is 0.297. The molecular formula is C37H38Cl3N3O4S. The zero-order valence-corrected chi connectivity index (χ0v) is 29.7. The fourth-order valence-corrected chi connectivity index (χ4v) is 7.95. The van der Waals surface area contributed by atoms with Crippen LogP contribution in [0.1, 0.15) is 48.8 Å². The monoisotopic (exact) mass is 725 g/mol. The number of nitrogens with one attached hydrogen (secondary N) is 1. The minimum absolute atomic E-state index is 0.000186. The number of amides is 2. The smallest absolute Gasteiger partial charge is 0.264 e. The van der Waals surface area contributed by atoms with E-state index in [1.54, 1.807) is 49.4 Å². The van der Waals surface area contributed by atoms with Gasteiger partial charge >= 0.3 is 0 Å². The lowest BCUT2D eigenvalue weighted by Crippen LogP contribution is -2.55. The normalized spacial score (nSPS) is 14.2. The van der Waals surface area contributed by atoms with Gasteiger partial charge in [-0.25, -0.2) is 8.42 Å². The molecule has 1 saturated carbocycles. The van der Waals surface area contributed by atoms with E-state index in [2.05, 4.69) is 5.32 Å². The van der Waals surface area contributed by atoms with Gasteiger partial charge in [-0.05, 0) is 78.9 Å². The van der Waals surface area contributed by atoms with Crippen LogP contribution < -0.4 is 9.62 Å². The summed E-state index contributed by atoms with van der Waals surface area (Å²) in [5, 5.41) is 4.26. The van der Waals surface area contributed by atoms with Crippen LogP contribution >= 0.6 is 34.8 Å². The van der Waals surface area contributed by atoms with Crippen molar-refractivity contribution in [3.8, 4) is 0 Å². The first-order valence-corrected chi connectivity index (χ1v) is 18.5. The van der Waals surface area contributed by atoms with Crippen LogP contribution in [0.2, 0.25) is 15.1 Å². The summed E-state index contributed by atoms with van der Waals surface area (Å²) >= 11 is 18.7.